The second-order valence-electron chi connectivity index (χ2n) is 8.24. The van der Waals surface area contributed by atoms with Crippen LogP contribution in [0.4, 0.5) is 0 Å². The topological polar surface area (TPSA) is 89.5 Å². The molecular weight excluding hydrogens is 358 g/mol. The highest BCUT2D eigenvalue weighted by Gasteiger charge is 2.35. The molecule has 6 nitrogen and oxygen atoms in total. The molecular formula is C22H28NO5+. The maximum absolute atomic E-state index is 12.7. The van der Waals surface area contributed by atoms with Crippen molar-refractivity contribution in [1.29, 1.82) is 0 Å². The quantitative estimate of drug-likeness (QED) is 0.644. The predicted octanol–water partition coefficient (Wildman–Crippen LogP) is 3.04. The standard InChI is InChI=1S/C22H27NO5/c1-12(2)17(23)21(25)27-19-15-9-7-6-8-14(15)18-16(20(19)26-13(3)24)10-11-22(4,5)28-18/h6-9,12,17H,10-11,23H2,1-5H3/p+1/t17-/m0/s1. The second kappa shape index (κ2) is 7.43. The van der Waals surface area contributed by atoms with Crippen molar-refractivity contribution in [3.05, 3.63) is 29.8 Å². The van der Waals surface area contributed by atoms with Crippen LogP contribution < -0.4 is 19.9 Å². The summed E-state index contributed by atoms with van der Waals surface area (Å²) in [6, 6.07) is 6.98. The van der Waals surface area contributed by atoms with Crippen molar-refractivity contribution in [2.75, 3.05) is 0 Å². The van der Waals surface area contributed by atoms with E-state index in [-0.39, 0.29) is 23.0 Å². The highest BCUT2D eigenvalue weighted by atomic mass is 16.6. The third-order valence-electron chi connectivity index (χ3n) is 5.08. The van der Waals surface area contributed by atoms with Gasteiger partial charge in [0.1, 0.15) is 11.4 Å². The summed E-state index contributed by atoms with van der Waals surface area (Å²) in [5.74, 6) is 0.295. The first kappa shape index (κ1) is 20.1. The van der Waals surface area contributed by atoms with Crippen molar-refractivity contribution in [1.82, 2.24) is 0 Å². The maximum atomic E-state index is 12.7. The Morgan fingerprint density at radius 1 is 1.11 bits per heavy atom. The molecule has 0 amide bonds. The van der Waals surface area contributed by atoms with Crippen LogP contribution in [0, 0.1) is 5.92 Å². The highest BCUT2D eigenvalue weighted by molar-refractivity contribution is 6.00. The Labute approximate surface area is 164 Å². The third-order valence-corrected chi connectivity index (χ3v) is 5.08. The first-order chi connectivity index (χ1) is 13.1. The van der Waals surface area contributed by atoms with E-state index in [2.05, 4.69) is 5.73 Å². The van der Waals surface area contributed by atoms with Gasteiger partial charge in [-0.15, -0.1) is 0 Å². The molecule has 3 N–H and O–H groups in total. The number of rotatable bonds is 4. The van der Waals surface area contributed by atoms with Gasteiger partial charge < -0.3 is 19.9 Å². The average molecular weight is 386 g/mol. The number of hydrogen-bond donors (Lipinski definition) is 1. The van der Waals surface area contributed by atoms with Gasteiger partial charge in [0.15, 0.2) is 17.5 Å². The van der Waals surface area contributed by atoms with Crippen LogP contribution in [0.2, 0.25) is 0 Å². The monoisotopic (exact) mass is 386 g/mol. The molecule has 0 radical (unpaired) electrons. The van der Waals surface area contributed by atoms with Gasteiger partial charge in [-0.1, -0.05) is 38.1 Å². The molecule has 0 aromatic heterocycles. The van der Waals surface area contributed by atoms with Crippen molar-refractivity contribution < 1.29 is 29.5 Å². The molecule has 150 valence electrons. The lowest BCUT2D eigenvalue weighted by atomic mass is 9.91. The summed E-state index contributed by atoms with van der Waals surface area (Å²) in [4.78, 5) is 24.5. The fourth-order valence-electron chi connectivity index (χ4n) is 3.30. The largest absolute Gasteiger partial charge is 0.487 e. The van der Waals surface area contributed by atoms with Gasteiger partial charge in [-0.3, -0.25) is 4.79 Å². The molecule has 0 saturated carbocycles. The molecule has 0 unspecified atom stereocenters. The fraction of sp³-hybridized carbons (Fsp3) is 0.455. The summed E-state index contributed by atoms with van der Waals surface area (Å²) in [6.45, 7) is 9.21. The zero-order valence-corrected chi connectivity index (χ0v) is 17.1. The molecule has 1 heterocycles. The molecule has 1 aliphatic rings. The van der Waals surface area contributed by atoms with Crippen LogP contribution in [0.1, 0.15) is 46.6 Å². The molecule has 1 aliphatic heterocycles. The number of carbonyl (C=O) groups excluding carboxylic acids is 2. The van der Waals surface area contributed by atoms with Crippen molar-refractivity contribution >= 4 is 22.7 Å². The summed E-state index contributed by atoms with van der Waals surface area (Å²) in [5.41, 5.74) is 4.32. The molecule has 0 fully saturated rings. The van der Waals surface area contributed by atoms with Crippen LogP contribution in [0.25, 0.3) is 10.8 Å². The zero-order valence-electron chi connectivity index (χ0n) is 17.1. The summed E-state index contributed by atoms with van der Waals surface area (Å²) < 4.78 is 17.6. The molecule has 0 spiro atoms. The number of hydrogen-bond acceptors (Lipinski definition) is 5. The van der Waals surface area contributed by atoms with Crippen molar-refractivity contribution in [2.45, 2.75) is 59.1 Å². The number of ether oxygens (including phenoxy) is 3. The summed E-state index contributed by atoms with van der Waals surface area (Å²) >= 11 is 0. The molecule has 0 bridgehead atoms. The molecule has 2 aromatic rings. The van der Waals surface area contributed by atoms with E-state index in [9.17, 15) is 9.59 Å². The third kappa shape index (κ3) is 3.83. The predicted molar refractivity (Wildman–Crippen MR) is 105 cm³/mol. The van der Waals surface area contributed by atoms with E-state index in [1.165, 1.54) is 6.92 Å². The van der Waals surface area contributed by atoms with Gasteiger partial charge in [0.05, 0.1) is 0 Å². The lowest BCUT2D eigenvalue weighted by Gasteiger charge is -2.34. The van der Waals surface area contributed by atoms with Crippen LogP contribution in [0.5, 0.6) is 17.2 Å². The molecule has 28 heavy (non-hydrogen) atoms. The maximum Gasteiger partial charge on any atom is 0.370 e. The summed E-state index contributed by atoms with van der Waals surface area (Å²) in [6.07, 6.45) is 1.41. The highest BCUT2D eigenvalue weighted by Crippen LogP contribution is 2.50. The van der Waals surface area contributed by atoms with E-state index >= 15 is 0 Å². The van der Waals surface area contributed by atoms with Crippen LogP contribution >= 0.6 is 0 Å². The minimum atomic E-state index is -0.532. The first-order valence-electron chi connectivity index (χ1n) is 9.60. The van der Waals surface area contributed by atoms with Gasteiger partial charge in [-0.2, -0.15) is 0 Å². The zero-order chi connectivity index (χ0) is 20.6. The van der Waals surface area contributed by atoms with E-state index < -0.39 is 18.0 Å². The Kier molecular flexibility index (Phi) is 5.35. The van der Waals surface area contributed by atoms with Gasteiger partial charge in [-0.05, 0) is 26.7 Å². The average Bonchev–Trinajstić information content (AvgIpc) is 2.62. The minimum absolute atomic E-state index is 0.0256. The molecule has 0 aliphatic carbocycles. The van der Waals surface area contributed by atoms with Crippen molar-refractivity contribution in [3.63, 3.8) is 0 Å². The Hall–Kier alpha value is -2.60. The molecule has 3 rings (SSSR count). The van der Waals surface area contributed by atoms with Crippen LogP contribution in [0.3, 0.4) is 0 Å². The minimum Gasteiger partial charge on any atom is -0.487 e. The normalized spacial score (nSPS) is 16.2. The van der Waals surface area contributed by atoms with E-state index in [0.717, 1.165) is 17.4 Å². The van der Waals surface area contributed by atoms with Gasteiger partial charge in [-0.25, -0.2) is 4.79 Å². The summed E-state index contributed by atoms with van der Waals surface area (Å²) in [7, 11) is 0. The molecule has 1 atom stereocenters. The molecule has 2 aromatic carbocycles. The number of esters is 2. The Bertz CT molecular complexity index is 932. The van der Waals surface area contributed by atoms with Crippen LogP contribution in [0.15, 0.2) is 24.3 Å². The number of carbonyl (C=O) groups is 2. The van der Waals surface area contributed by atoms with E-state index in [0.29, 0.717) is 17.6 Å². The van der Waals surface area contributed by atoms with Crippen LogP contribution in [-0.4, -0.2) is 23.6 Å². The second-order valence-corrected chi connectivity index (χ2v) is 8.24. The number of quaternary nitrogens is 1. The van der Waals surface area contributed by atoms with Crippen molar-refractivity contribution in [3.8, 4) is 17.2 Å². The van der Waals surface area contributed by atoms with Crippen LogP contribution in [-0.2, 0) is 16.0 Å². The Balaban J connectivity index is 2.24. The smallest absolute Gasteiger partial charge is 0.370 e. The lowest BCUT2D eigenvalue weighted by Crippen LogP contribution is -2.68. The van der Waals surface area contributed by atoms with Gasteiger partial charge >= 0.3 is 11.9 Å². The lowest BCUT2D eigenvalue weighted by molar-refractivity contribution is -0.417. The number of benzene rings is 2. The van der Waals surface area contributed by atoms with E-state index in [1.54, 1.807) is 0 Å². The van der Waals surface area contributed by atoms with E-state index in [4.69, 9.17) is 14.2 Å². The van der Waals surface area contributed by atoms with Gasteiger partial charge in [0, 0.05) is 29.2 Å². The SMILES string of the molecule is CC(=O)Oc1c2c(c3ccccc3c1OC(=O)[C@@H]([NH3+])C(C)C)OC(C)(C)CC2. The molecule has 0 saturated heterocycles. The van der Waals surface area contributed by atoms with Crippen molar-refractivity contribution in [2.24, 2.45) is 5.92 Å². The molecule has 6 heteroatoms. The van der Waals surface area contributed by atoms with Gasteiger partial charge in [0.2, 0.25) is 0 Å². The Morgan fingerprint density at radius 3 is 2.36 bits per heavy atom. The summed E-state index contributed by atoms with van der Waals surface area (Å²) in [5, 5.41) is 1.49. The van der Waals surface area contributed by atoms with Gasteiger partial charge in [0.25, 0.3) is 0 Å². The fourth-order valence-corrected chi connectivity index (χ4v) is 3.30. The number of fused-ring (bicyclic) bond motifs is 3. The van der Waals surface area contributed by atoms with E-state index in [1.807, 2.05) is 52.0 Å². The Morgan fingerprint density at radius 2 is 1.75 bits per heavy atom. The first-order valence-corrected chi connectivity index (χ1v) is 9.60.